The Morgan fingerprint density at radius 3 is 2.77 bits per heavy atom. The van der Waals surface area contributed by atoms with Crippen molar-refractivity contribution in [1.29, 1.82) is 0 Å². The van der Waals surface area contributed by atoms with Crippen molar-refractivity contribution in [3.63, 3.8) is 0 Å². The molecule has 0 aromatic heterocycles. The minimum atomic E-state index is -3.39. The maximum absolute atomic E-state index is 13.5. The molecule has 1 amide bonds. The van der Waals surface area contributed by atoms with E-state index in [1.165, 1.54) is 10.4 Å². The van der Waals surface area contributed by atoms with E-state index in [1.807, 2.05) is 0 Å². The van der Waals surface area contributed by atoms with E-state index in [9.17, 15) is 17.6 Å². The van der Waals surface area contributed by atoms with Crippen molar-refractivity contribution in [2.24, 2.45) is 0 Å². The van der Waals surface area contributed by atoms with Gasteiger partial charge in [0.1, 0.15) is 11.9 Å². The summed E-state index contributed by atoms with van der Waals surface area (Å²) in [5.74, 6) is -0.603. The summed E-state index contributed by atoms with van der Waals surface area (Å²) in [4.78, 5) is 12.2. The maximum Gasteiger partial charge on any atom is 0.238 e. The molecule has 1 saturated heterocycles. The third-order valence-electron chi connectivity index (χ3n) is 3.83. The molecule has 0 bridgehead atoms. The van der Waals surface area contributed by atoms with Crippen molar-refractivity contribution < 1.29 is 17.6 Å². The van der Waals surface area contributed by atoms with E-state index >= 15 is 0 Å². The highest BCUT2D eigenvalue weighted by Gasteiger charge is 2.34. The number of amides is 1. The smallest absolute Gasteiger partial charge is 0.238 e. The molecule has 5 nitrogen and oxygen atoms in total. The van der Waals surface area contributed by atoms with Crippen LogP contribution in [-0.4, -0.2) is 44.0 Å². The predicted molar refractivity (Wildman–Crippen MR) is 82.3 cm³/mol. The van der Waals surface area contributed by atoms with Crippen LogP contribution in [-0.2, 0) is 21.2 Å². The molecule has 1 aromatic rings. The summed E-state index contributed by atoms with van der Waals surface area (Å²) in [5, 5.41) is 2.72. The number of benzene rings is 1. The van der Waals surface area contributed by atoms with Crippen LogP contribution in [0.15, 0.2) is 24.3 Å². The van der Waals surface area contributed by atoms with E-state index < -0.39 is 16.1 Å². The van der Waals surface area contributed by atoms with Crippen LogP contribution < -0.4 is 5.32 Å². The first-order valence-electron chi connectivity index (χ1n) is 7.37. The van der Waals surface area contributed by atoms with Gasteiger partial charge in [-0.05, 0) is 30.9 Å². The Morgan fingerprint density at radius 1 is 1.36 bits per heavy atom. The second-order valence-electron chi connectivity index (χ2n) is 5.52. The number of carbonyl (C=O) groups excluding carboxylic acids is 1. The zero-order valence-corrected chi connectivity index (χ0v) is 13.4. The third kappa shape index (κ3) is 4.27. The number of nitrogens with one attached hydrogen (secondary N) is 1. The van der Waals surface area contributed by atoms with Gasteiger partial charge in [-0.3, -0.25) is 4.79 Å². The van der Waals surface area contributed by atoms with Crippen LogP contribution in [0.1, 0.15) is 24.8 Å². The molecule has 1 fully saturated rings. The summed E-state index contributed by atoms with van der Waals surface area (Å²) in [5.41, 5.74) is 0.534. The van der Waals surface area contributed by atoms with Gasteiger partial charge in [0, 0.05) is 13.1 Å². The molecular formula is C15H21FN2O3S. The largest absolute Gasteiger partial charge is 0.354 e. The topological polar surface area (TPSA) is 66.5 Å². The molecule has 0 aliphatic carbocycles. The second kappa shape index (κ2) is 7.19. The zero-order valence-electron chi connectivity index (χ0n) is 12.6. The number of carbonyl (C=O) groups is 1. The van der Waals surface area contributed by atoms with Gasteiger partial charge in [0.05, 0.1) is 6.26 Å². The Bertz CT molecular complexity index is 633. The molecule has 22 heavy (non-hydrogen) atoms. The van der Waals surface area contributed by atoms with Gasteiger partial charge in [0.15, 0.2) is 0 Å². The summed E-state index contributed by atoms with van der Waals surface area (Å²) >= 11 is 0. The van der Waals surface area contributed by atoms with Crippen molar-refractivity contribution >= 4 is 15.9 Å². The quantitative estimate of drug-likeness (QED) is 0.886. The van der Waals surface area contributed by atoms with Gasteiger partial charge in [0.2, 0.25) is 15.9 Å². The molecule has 0 radical (unpaired) electrons. The molecule has 7 heteroatoms. The molecule has 122 valence electrons. The van der Waals surface area contributed by atoms with Crippen LogP contribution in [0, 0.1) is 5.82 Å². The van der Waals surface area contributed by atoms with Gasteiger partial charge in [-0.1, -0.05) is 24.6 Å². The number of sulfonamides is 1. The summed E-state index contributed by atoms with van der Waals surface area (Å²) < 4.78 is 38.2. The zero-order chi connectivity index (χ0) is 16.2. The van der Waals surface area contributed by atoms with Crippen LogP contribution >= 0.6 is 0 Å². The lowest BCUT2D eigenvalue weighted by Crippen LogP contribution is -2.51. The normalized spacial score (nSPS) is 19.8. The fraction of sp³-hybridized carbons (Fsp3) is 0.533. The average molecular weight is 328 g/mol. The minimum absolute atomic E-state index is 0.286. The summed E-state index contributed by atoms with van der Waals surface area (Å²) in [7, 11) is -3.39. The number of nitrogens with zero attached hydrogens (tertiary/aromatic N) is 1. The molecule has 1 aliphatic heterocycles. The van der Waals surface area contributed by atoms with Crippen molar-refractivity contribution in [3.8, 4) is 0 Å². The number of hydrogen-bond donors (Lipinski definition) is 1. The van der Waals surface area contributed by atoms with Crippen LogP contribution in [0.2, 0.25) is 0 Å². The van der Waals surface area contributed by atoms with Crippen molar-refractivity contribution in [2.75, 3.05) is 19.3 Å². The fourth-order valence-electron chi connectivity index (χ4n) is 2.70. The van der Waals surface area contributed by atoms with E-state index in [4.69, 9.17) is 0 Å². The Labute approximate surface area is 130 Å². The lowest BCUT2D eigenvalue weighted by Gasteiger charge is -2.32. The van der Waals surface area contributed by atoms with E-state index in [0.717, 1.165) is 19.1 Å². The maximum atomic E-state index is 13.5. The SMILES string of the molecule is CS(=O)(=O)N1CCCC[C@H]1C(=O)NCCc1ccccc1F. The van der Waals surface area contributed by atoms with Gasteiger partial charge < -0.3 is 5.32 Å². The van der Waals surface area contributed by atoms with E-state index in [2.05, 4.69) is 5.32 Å². The van der Waals surface area contributed by atoms with Crippen LogP contribution in [0.3, 0.4) is 0 Å². The number of rotatable bonds is 5. The minimum Gasteiger partial charge on any atom is -0.354 e. The van der Waals surface area contributed by atoms with Crippen molar-refractivity contribution in [2.45, 2.75) is 31.7 Å². The Balaban J connectivity index is 1.92. The molecule has 1 aliphatic rings. The second-order valence-corrected chi connectivity index (χ2v) is 7.45. The molecule has 0 saturated carbocycles. The van der Waals surface area contributed by atoms with Gasteiger partial charge in [-0.2, -0.15) is 4.31 Å². The van der Waals surface area contributed by atoms with Crippen molar-refractivity contribution in [1.82, 2.24) is 9.62 Å². The first-order valence-corrected chi connectivity index (χ1v) is 9.22. The standard InChI is InChI=1S/C15H21FN2O3S/c1-22(20,21)18-11-5-4-8-14(18)15(19)17-10-9-12-6-2-3-7-13(12)16/h2-3,6-7,14H,4-5,8-11H2,1H3,(H,17,19)/t14-/m0/s1. The lowest BCUT2D eigenvalue weighted by molar-refractivity contribution is -0.125. The van der Waals surface area contributed by atoms with Crippen LogP contribution in [0.25, 0.3) is 0 Å². The first kappa shape index (κ1) is 16.9. The number of halogens is 1. The van der Waals surface area contributed by atoms with Gasteiger partial charge in [0.25, 0.3) is 0 Å². The predicted octanol–water partition coefficient (Wildman–Crippen LogP) is 1.30. The van der Waals surface area contributed by atoms with Crippen LogP contribution in [0.4, 0.5) is 4.39 Å². The Morgan fingerprint density at radius 2 is 2.09 bits per heavy atom. The number of hydrogen-bond acceptors (Lipinski definition) is 3. The van der Waals surface area contributed by atoms with Gasteiger partial charge in [-0.15, -0.1) is 0 Å². The van der Waals surface area contributed by atoms with E-state index in [0.29, 0.717) is 24.9 Å². The summed E-state index contributed by atoms with van der Waals surface area (Å²) in [6.07, 6.45) is 3.63. The van der Waals surface area contributed by atoms with Crippen molar-refractivity contribution in [3.05, 3.63) is 35.6 Å². The average Bonchev–Trinajstić information content (AvgIpc) is 2.48. The van der Waals surface area contributed by atoms with Gasteiger partial charge in [-0.25, -0.2) is 12.8 Å². The Kier molecular flexibility index (Phi) is 5.52. The molecule has 0 unspecified atom stereocenters. The monoisotopic (exact) mass is 328 g/mol. The molecule has 1 aromatic carbocycles. The lowest BCUT2D eigenvalue weighted by atomic mass is 10.0. The highest BCUT2D eigenvalue weighted by atomic mass is 32.2. The molecule has 1 N–H and O–H groups in total. The molecular weight excluding hydrogens is 307 g/mol. The molecule has 1 heterocycles. The highest BCUT2D eigenvalue weighted by Crippen LogP contribution is 2.20. The molecule has 2 rings (SSSR count). The van der Waals surface area contributed by atoms with E-state index in [-0.39, 0.29) is 18.3 Å². The van der Waals surface area contributed by atoms with Gasteiger partial charge >= 0.3 is 0 Å². The Hall–Kier alpha value is -1.47. The van der Waals surface area contributed by atoms with E-state index in [1.54, 1.807) is 18.2 Å². The van der Waals surface area contributed by atoms with Crippen LogP contribution in [0.5, 0.6) is 0 Å². The fourth-order valence-corrected chi connectivity index (χ4v) is 3.83. The molecule has 1 atom stereocenters. The highest BCUT2D eigenvalue weighted by molar-refractivity contribution is 7.88. The summed E-state index contributed by atoms with van der Waals surface area (Å²) in [6.45, 7) is 0.665. The first-order chi connectivity index (χ1) is 10.4. The number of piperidine rings is 1. The summed E-state index contributed by atoms with van der Waals surface area (Å²) in [6, 6.07) is 5.76. The molecule has 0 spiro atoms. The third-order valence-corrected chi connectivity index (χ3v) is 5.12.